The second-order valence-corrected chi connectivity index (χ2v) is 4.34. The molecular weight excluding hydrogens is 212 g/mol. The maximum Gasteiger partial charge on any atom is 0.211 e. The topological polar surface area (TPSA) is 38.1 Å². The molecule has 1 aromatic carbocycles. The van der Waals surface area contributed by atoms with E-state index in [1.54, 1.807) is 6.20 Å². The lowest BCUT2D eigenvalue weighted by Gasteiger charge is -2.11. The fourth-order valence-electron chi connectivity index (χ4n) is 1.73. The van der Waals surface area contributed by atoms with Gasteiger partial charge in [0.15, 0.2) is 0 Å². The summed E-state index contributed by atoms with van der Waals surface area (Å²) in [7, 11) is 0. The molecular formula is C14H18N2O. The lowest BCUT2D eigenvalue weighted by atomic mass is 10.1. The van der Waals surface area contributed by atoms with Crippen molar-refractivity contribution in [2.75, 3.05) is 0 Å². The van der Waals surface area contributed by atoms with Crippen molar-refractivity contribution in [1.82, 2.24) is 10.3 Å². The molecule has 1 unspecified atom stereocenters. The van der Waals surface area contributed by atoms with Crippen molar-refractivity contribution in [2.24, 2.45) is 0 Å². The Kier molecular flexibility index (Phi) is 3.59. The zero-order chi connectivity index (χ0) is 12.3. The van der Waals surface area contributed by atoms with E-state index in [2.05, 4.69) is 48.4 Å². The van der Waals surface area contributed by atoms with Crippen LogP contribution < -0.4 is 5.32 Å². The molecule has 0 saturated carbocycles. The minimum atomic E-state index is 0.128. The van der Waals surface area contributed by atoms with Gasteiger partial charge in [-0.05, 0) is 31.9 Å². The highest BCUT2D eigenvalue weighted by Crippen LogP contribution is 2.14. The van der Waals surface area contributed by atoms with E-state index < -0.39 is 0 Å². The number of hydrogen-bond donors (Lipinski definition) is 1. The number of aromatic nitrogens is 1. The van der Waals surface area contributed by atoms with Gasteiger partial charge in [-0.15, -0.1) is 0 Å². The van der Waals surface area contributed by atoms with E-state index in [0.29, 0.717) is 0 Å². The van der Waals surface area contributed by atoms with Crippen molar-refractivity contribution in [3.63, 3.8) is 0 Å². The second-order valence-electron chi connectivity index (χ2n) is 4.34. The molecule has 90 valence electrons. The molecule has 0 bridgehead atoms. The van der Waals surface area contributed by atoms with Crippen LogP contribution in [-0.4, -0.2) is 4.98 Å². The first-order chi connectivity index (χ1) is 8.16. The first kappa shape index (κ1) is 11.9. The van der Waals surface area contributed by atoms with E-state index >= 15 is 0 Å². The molecule has 1 atom stereocenters. The van der Waals surface area contributed by atoms with Crippen LogP contribution in [0.2, 0.25) is 0 Å². The van der Waals surface area contributed by atoms with Crippen molar-refractivity contribution in [1.29, 1.82) is 0 Å². The van der Waals surface area contributed by atoms with Gasteiger partial charge in [0.05, 0.1) is 12.2 Å². The van der Waals surface area contributed by atoms with Crippen LogP contribution in [0, 0.1) is 13.8 Å². The van der Waals surface area contributed by atoms with Gasteiger partial charge >= 0.3 is 0 Å². The normalized spacial score (nSPS) is 12.6. The summed E-state index contributed by atoms with van der Waals surface area (Å²) in [5.41, 5.74) is 2.61. The third kappa shape index (κ3) is 2.94. The zero-order valence-corrected chi connectivity index (χ0v) is 10.5. The summed E-state index contributed by atoms with van der Waals surface area (Å²) in [5, 5.41) is 3.41. The van der Waals surface area contributed by atoms with E-state index in [1.807, 2.05) is 6.92 Å². The van der Waals surface area contributed by atoms with E-state index in [0.717, 1.165) is 18.2 Å². The highest BCUT2D eigenvalue weighted by molar-refractivity contribution is 5.25. The number of aryl methyl sites for hydroxylation is 2. The predicted molar refractivity (Wildman–Crippen MR) is 67.7 cm³/mol. The summed E-state index contributed by atoms with van der Waals surface area (Å²) >= 11 is 0. The average molecular weight is 230 g/mol. The number of hydrogen-bond acceptors (Lipinski definition) is 3. The first-order valence-corrected chi connectivity index (χ1v) is 5.87. The molecule has 1 heterocycles. The zero-order valence-electron chi connectivity index (χ0n) is 10.5. The largest absolute Gasteiger partial charge is 0.444 e. The molecule has 0 fully saturated rings. The Hall–Kier alpha value is -1.61. The summed E-state index contributed by atoms with van der Waals surface area (Å²) in [6.07, 6.45) is 1.75. The highest BCUT2D eigenvalue weighted by atomic mass is 16.4. The molecule has 0 aliphatic carbocycles. The summed E-state index contributed by atoms with van der Waals surface area (Å²) in [6, 6.07) is 8.50. The minimum Gasteiger partial charge on any atom is -0.444 e. The average Bonchev–Trinajstić information content (AvgIpc) is 2.74. The van der Waals surface area contributed by atoms with Gasteiger partial charge in [0.2, 0.25) is 5.89 Å². The molecule has 3 heteroatoms. The maximum absolute atomic E-state index is 5.49. The third-order valence-electron chi connectivity index (χ3n) is 2.87. The fraction of sp³-hybridized carbons (Fsp3) is 0.357. The maximum atomic E-state index is 5.49. The molecule has 1 N–H and O–H groups in total. The van der Waals surface area contributed by atoms with Crippen LogP contribution in [0.5, 0.6) is 0 Å². The van der Waals surface area contributed by atoms with Crippen LogP contribution in [0.15, 0.2) is 34.9 Å². The lowest BCUT2D eigenvalue weighted by Crippen LogP contribution is -2.18. The first-order valence-electron chi connectivity index (χ1n) is 5.87. The van der Waals surface area contributed by atoms with Gasteiger partial charge in [0.25, 0.3) is 0 Å². The van der Waals surface area contributed by atoms with Gasteiger partial charge < -0.3 is 9.73 Å². The van der Waals surface area contributed by atoms with Gasteiger partial charge in [-0.25, -0.2) is 4.98 Å². The summed E-state index contributed by atoms with van der Waals surface area (Å²) in [4.78, 5) is 4.22. The van der Waals surface area contributed by atoms with Gasteiger partial charge in [-0.3, -0.25) is 0 Å². The smallest absolute Gasteiger partial charge is 0.211 e. The van der Waals surface area contributed by atoms with E-state index in [9.17, 15) is 0 Å². The monoisotopic (exact) mass is 230 g/mol. The SMILES string of the molecule is Cc1cnc(C(C)NCc2ccccc2C)o1. The summed E-state index contributed by atoms with van der Waals surface area (Å²) in [5.74, 6) is 1.60. The Morgan fingerprint density at radius 2 is 2.06 bits per heavy atom. The third-order valence-corrected chi connectivity index (χ3v) is 2.87. The van der Waals surface area contributed by atoms with Crippen LogP contribution in [-0.2, 0) is 6.54 Å². The molecule has 3 nitrogen and oxygen atoms in total. The standard InChI is InChI=1S/C14H18N2O/c1-10-6-4-5-7-13(10)9-15-12(3)14-16-8-11(2)17-14/h4-8,12,15H,9H2,1-3H3. The Labute approximate surface area is 102 Å². The molecule has 0 amide bonds. The Bertz CT molecular complexity index is 490. The molecule has 0 aliphatic heterocycles. The van der Waals surface area contributed by atoms with Crippen LogP contribution >= 0.6 is 0 Å². The van der Waals surface area contributed by atoms with Crippen molar-refractivity contribution in [3.8, 4) is 0 Å². The van der Waals surface area contributed by atoms with Crippen molar-refractivity contribution < 1.29 is 4.42 Å². The van der Waals surface area contributed by atoms with Crippen LogP contribution in [0.3, 0.4) is 0 Å². The summed E-state index contributed by atoms with van der Waals surface area (Å²) in [6.45, 7) is 6.92. The molecule has 0 aliphatic rings. The minimum absolute atomic E-state index is 0.128. The molecule has 1 aromatic heterocycles. The Morgan fingerprint density at radius 1 is 1.29 bits per heavy atom. The van der Waals surface area contributed by atoms with Crippen molar-refractivity contribution in [2.45, 2.75) is 33.4 Å². The fourth-order valence-corrected chi connectivity index (χ4v) is 1.73. The van der Waals surface area contributed by atoms with Gasteiger partial charge in [-0.2, -0.15) is 0 Å². The molecule has 2 aromatic rings. The van der Waals surface area contributed by atoms with Crippen LogP contribution in [0.4, 0.5) is 0 Å². The number of nitrogens with one attached hydrogen (secondary N) is 1. The number of nitrogens with zero attached hydrogens (tertiary/aromatic N) is 1. The quantitative estimate of drug-likeness (QED) is 0.876. The number of oxazole rings is 1. The van der Waals surface area contributed by atoms with E-state index in [1.165, 1.54) is 11.1 Å². The lowest BCUT2D eigenvalue weighted by molar-refractivity contribution is 0.402. The highest BCUT2D eigenvalue weighted by Gasteiger charge is 2.10. The number of rotatable bonds is 4. The molecule has 0 spiro atoms. The molecule has 2 rings (SSSR count). The van der Waals surface area contributed by atoms with E-state index in [-0.39, 0.29) is 6.04 Å². The molecule has 17 heavy (non-hydrogen) atoms. The van der Waals surface area contributed by atoms with Crippen LogP contribution in [0.25, 0.3) is 0 Å². The van der Waals surface area contributed by atoms with Gasteiger partial charge in [0.1, 0.15) is 5.76 Å². The Balaban J connectivity index is 1.97. The Morgan fingerprint density at radius 3 is 2.71 bits per heavy atom. The van der Waals surface area contributed by atoms with Crippen molar-refractivity contribution >= 4 is 0 Å². The molecule has 0 saturated heterocycles. The van der Waals surface area contributed by atoms with Gasteiger partial charge in [-0.1, -0.05) is 24.3 Å². The second kappa shape index (κ2) is 5.15. The number of benzene rings is 1. The van der Waals surface area contributed by atoms with E-state index in [4.69, 9.17) is 4.42 Å². The van der Waals surface area contributed by atoms with Crippen LogP contribution in [0.1, 0.15) is 35.7 Å². The molecule has 0 radical (unpaired) electrons. The van der Waals surface area contributed by atoms with Gasteiger partial charge in [0, 0.05) is 6.54 Å². The summed E-state index contributed by atoms with van der Waals surface area (Å²) < 4.78 is 5.49. The van der Waals surface area contributed by atoms with Crippen molar-refractivity contribution in [3.05, 3.63) is 53.2 Å². The predicted octanol–water partition coefficient (Wildman–Crippen LogP) is 3.14.